The summed E-state index contributed by atoms with van der Waals surface area (Å²) in [5.74, 6) is -0.115. The molecule has 0 bridgehead atoms. The maximum Gasteiger partial charge on any atom is 0.289 e. The van der Waals surface area contributed by atoms with Crippen LogP contribution in [0.3, 0.4) is 0 Å². The predicted molar refractivity (Wildman–Crippen MR) is 92.0 cm³/mol. The lowest BCUT2D eigenvalue weighted by molar-refractivity contribution is 0.0950. The first-order valence-corrected chi connectivity index (χ1v) is 7.45. The molecule has 0 atom stereocenters. The van der Waals surface area contributed by atoms with E-state index >= 15 is 0 Å². The maximum absolute atomic E-state index is 13.0. The van der Waals surface area contributed by atoms with Crippen LogP contribution in [0.5, 0.6) is 5.75 Å². The van der Waals surface area contributed by atoms with Crippen molar-refractivity contribution >= 4 is 12.1 Å². The van der Waals surface area contributed by atoms with Crippen LogP contribution >= 0.6 is 0 Å². The molecule has 0 aliphatic rings. The van der Waals surface area contributed by atoms with Gasteiger partial charge in [0.25, 0.3) is 5.91 Å². The van der Waals surface area contributed by atoms with Gasteiger partial charge in [0.15, 0.2) is 0 Å². The molecule has 0 aliphatic heterocycles. The zero-order valence-corrected chi connectivity index (χ0v) is 13.4. The van der Waals surface area contributed by atoms with Crippen molar-refractivity contribution in [2.45, 2.75) is 0 Å². The van der Waals surface area contributed by atoms with Crippen LogP contribution in [0.4, 0.5) is 4.39 Å². The lowest BCUT2D eigenvalue weighted by Crippen LogP contribution is -2.18. The van der Waals surface area contributed by atoms with Crippen molar-refractivity contribution in [2.75, 3.05) is 7.11 Å². The number of nitrogens with one attached hydrogen (secondary N) is 2. The van der Waals surface area contributed by atoms with E-state index in [0.717, 1.165) is 5.56 Å². The number of halogens is 1. The molecule has 0 fully saturated rings. The first-order chi connectivity index (χ1) is 12.2. The van der Waals surface area contributed by atoms with Gasteiger partial charge in [0.2, 0.25) is 0 Å². The van der Waals surface area contributed by atoms with Gasteiger partial charge in [-0.3, -0.25) is 9.89 Å². The summed E-state index contributed by atoms with van der Waals surface area (Å²) >= 11 is 0. The molecule has 0 saturated heterocycles. The van der Waals surface area contributed by atoms with Crippen LogP contribution in [0.25, 0.3) is 11.3 Å². The van der Waals surface area contributed by atoms with E-state index in [4.69, 9.17) is 4.74 Å². The van der Waals surface area contributed by atoms with E-state index in [1.165, 1.54) is 18.3 Å². The number of aromatic nitrogens is 2. The molecular formula is C18H15FN4O2. The second kappa shape index (κ2) is 7.39. The normalized spacial score (nSPS) is 10.8. The number of ether oxygens (including phenoxy) is 1. The van der Waals surface area contributed by atoms with Crippen LogP contribution in [0.15, 0.2) is 59.7 Å². The van der Waals surface area contributed by atoms with Gasteiger partial charge in [-0.25, -0.2) is 9.82 Å². The number of nitrogens with zero attached hydrogens (tertiary/aromatic N) is 2. The highest BCUT2D eigenvalue weighted by molar-refractivity contribution is 5.94. The summed E-state index contributed by atoms with van der Waals surface area (Å²) in [6.45, 7) is 0. The van der Waals surface area contributed by atoms with Gasteiger partial charge in [0, 0.05) is 11.1 Å². The van der Waals surface area contributed by atoms with E-state index in [1.807, 2.05) is 18.2 Å². The number of aromatic amines is 1. The Morgan fingerprint density at radius 2 is 2.00 bits per heavy atom. The number of carbonyl (C=O) groups is 1. The maximum atomic E-state index is 13.0. The molecular weight excluding hydrogens is 323 g/mol. The van der Waals surface area contributed by atoms with Gasteiger partial charge in [-0.2, -0.15) is 10.2 Å². The molecule has 126 valence electrons. The number of para-hydroxylation sites is 1. The van der Waals surface area contributed by atoms with E-state index in [-0.39, 0.29) is 11.5 Å². The second-order valence-corrected chi connectivity index (χ2v) is 5.11. The highest BCUT2D eigenvalue weighted by Crippen LogP contribution is 2.18. The summed E-state index contributed by atoms with van der Waals surface area (Å²) in [6, 6.07) is 14.7. The lowest BCUT2D eigenvalue weighted by Gasteiger charge is -2.02. The third kappa shape index (κ3) is 3.89. The van der Waals surface area contributed by atoms with Crippen molar-refractivity contribution in [3.63, 3.8) is 0 Å². The number of hydrazone groups is 1. The number of methoxy groups -OCH3 is 1. The van der Waals surface area contributed by atoms with Crippen molar-refractivity contribution in [1.29, 1.82) is 0 Å². The van der Waals surface area contributed by atoms with Gasteiger partial charge in [-0.05, 0) is 42.5 Å². The zero-order chi connectivity index (χ0) is 17.6. The third-order valence-electron chi connectivity index (χ3n) is 3.47. The molecule has 3 aromatic rings. The molecule has 0 aliphatic carbocycles. The monoisotopic (exact) mass is 338 g/mol. The number of hydrogen-bond acceptors (Lipinski definition) is 4. The Kier molecular flexibility index (Phi) is 4.84. The zero-order valence-electron chi connectivity index (χ0n) is 13.4. The fourth-order valence-corrected chi connectivity index (χ4v) is 2.20. The molecule has 7 heteroatoms. The van der Waals surface area contributed by atoms with Crippen molar-refractivity contribution in [3.05, 3.63) is 71.7 Å². The van der Waals surface area contributed by atoms with Crippen molar-refractivity contribution in [1.82, 2.24) is 15.6 Å². The van der Waals surface area contributed by atoms with Gasteiger partial charge in [-0.1, -0.05) is 12.1 Å². The number of rotatable bonds is 5. The smallest absolute Gasteiger partial charge is 0.289 e. The minimum Gasteiger partial charge on any atom is -0.496 e. The minimum absolute atomic E-state index is 0.247. The lowest BCUT2D eigenvalue weighted by atomic mass is 10.1. The molecule has 25 heavy (non-hydrogen) atoms. The standard InChI is InChI=1S/C18H15FN4O2/c1-25-17-5-3-2-4-13(17)11-20-23-18(24)16-10-15(21-22-16)12-6-8-14(19)9-7-12/h2-11H,1H3,(H,21,22)(H,23,24). The van der Waals surface area contributed by atoms with Crippen LogP contribution in [0.2, 0.25) is 0 Å². The molecule has 0 saturated carbocycles. The highest BCUT2D eigenvalue weighted by Gasteiger charge is 2.10. The van der Waals surface area contributed by atoms with Crippen molar-refractivity contribution < 1.29 is 13.9 Å². The number of benzene rings is 2. The molecule has 0 radical (unpaired) electrons. The Morgan fingerprint density at radius 1 is 1.24 bits per heavy atom. The van der Waals surface area contributed by atoms with E-state index < -0.39 is 5.91 Å². The number of carbonyl (C=O) groups excluding carboxylic acids is 1. The third-order valence-corrected chi connectivity index (χ3v) is 3.47. The second-order valence-electron chi connectivity index (χ2n) is 5.11. The average Bonchev–Trinajstić information content (AvgIpc) is 3.13. The average molecular weight is 338 g/mol. The molecule has 2 N–H and O–H groups in total. The summed E-state index contributed by atoms with van der Waals surface area (Å²) in [5, 5.41) is 10.6. The van der Waals surface area contributed by atoms with Crippen molar-refractivity contribution in [3.8, 4) is 17.0 Å². The van der Waals surface area contributed by atoms with Crippen LogP contribution in [-0.4, -0.2) is 29.4 Å². The van der Waals surface area contributed by atoms with Crippen LogP contribution in [0, 0.1) is 5.82 Å². The number of H-pyrrole nitrogens is 1. The number of hydrogen-bond donors (Lipinski definition) is 2. The quantitative estimate of drug-likeness (QED) is 0.554. The van der Waals surface area contributed by atoms with E-state index in [9.17, 15) is 9.18 Å². The summed E-state index contributed by atoms with van der Waals surface area (Å²) in [5.41, 5.74) is 4.64. The van der Waals surface area contributed by atoms with Gasteiger partial charge in [0.05, 0.1) is 19.0 Å². The van der Waals surface area contributed by atoms with E-state index in [2.05, 4.69) is 20.7 Å². The van der Waals surface area contributed by atoms with Crippen LogP contribution in [0.1, 0.15) is 16.1 Å². The molecule has 1 heterocycles. The van der Waals surface area contributed by atoms with E-state index in [1.54, 1.807) is 31.4 Å². The SMILES string of the molecule is COc1ccccc1C=NNC(=O)c1cc(-c2ccc(F)cc2)n[nH]1. The first-order valence-electron chi connectivity index (χ1n) is 7.45. The van der Waals surface area contributed by atoms with Gasteiger partial charge >= 0.3 is 0 Å². The largest absolute Gasteiger partial charge is 0.496 e. The summed E-state index contributed by atoms with van der Waals surface area (Å²) in [7, 11) is 1.56. The van der Waals surface area contributed by atoms with Crippen molar-refractivity contribution in [2.24, 2.45) is 5.10 Å². The molecule has 1 amide bonds. The molecule has 1 aromatic heterocycles. The molecule has 3 rings (SSSR count). The van der Waals surface area contributed by atoms with Crippen LogP contribution in [-0.2, 0) is 0 Å². The van der Waals surface area contributed by atoms with Gasteiger partial charge < -0.3 is 4.74 Å². The Labute approximate surface area is 143 Å². The highest BCUT2D eigenvalue weighted by atomic mass is 19.1. The molecule has 6 nitrogen and oxygen atoms in total. The fourth-order valence-electron chi connectivity index (χ4n) is 2.20. The summed E-state index contributed by atoms with van der Waals surface area (Å²) in [4.78, 5) is 12.1. The Bertz CT molecular complexity index is 903. The van der Waals surface area contributed by atoms with Gasteiger partial charge in [-0.15, -0.1) is 0 Å². The summed E-state index contributed by atoms with van der Waals surface area (Å²) < 4.78 is 18.2. The van der Waals surface area contributed by atoms with Gasteiger partial charge in [0.1, 0.15) is 17.3 Å². The molecule has 2 aromatic carbocycles. The Morgan fingerprint density at radius 3 is 2.76 bits per heavy atom. The Hall–Kier alpha value is -3.48. The first kappa shape index (κ1) is 16.4. The minimum atomic E-state index is -0.438. The summed E-state index contributed by atoms with van der Waals surface area (Å²) in [6.07, 6.45) is 1.49. The topological polar surface area (TPSA) is 79.4 Å². The fraction of sp³-hybridized carbons (Fsp3) is 0.0556. The molecule has 0 spiro atoms. The Balaban J connectivity index is 1.68. The predicted octanol–water partition coefficient (Wildman–Crippen LogP) is 2.99. The molecule has 0 unspecified atom stereocenters. The van der Waals surface area contributed by atoms with E-state index in [0.29, 0.717) is 17.0 Å². The number of amides is 1. The van der Waals surface area contributed by atoms with Crippen LogP contribution < -0.4 is 10.2 Å².